The fourth-order valence-corrected chi connectivity index (χ4v) is 4.25. The summed E-state index contributed by atoms with van der Waals surface area (Å²) in [5, 5.41) is 3.22. The summed E-state index contributed by atoms with van der Waals surface area (Å²) in [7, 11) is -3.26. The molecular formula is C13H20N2O2S. The normalized spacial score (nSPS) is 16.1. The summed E-state index contributed by atoms with van der Waals surface area (Å²) in [6.45, 7) is 6.98. The van der Waals surface area contributed by atoms with Crippen LogP contribution >= 0.6 is 0 Å². The monoisotopic (exact) mass is 268 g/mol. The molecule has 1 aromatic carbocycles. The Labute approximate surface area is 109 Å². The van der Waals surface area contributed by atoms with E-state index in [-0.39, 0.29) is 11.2 Å². The van der Waals surface area contributed by atoms with E-state index in [9.17, 15) is 8.42 Å². The zero-order valence-corrected chi connectivity index (χ0v) is 11.9. The van der Waals surface area contributed by atoms with Crippen molar-refractivity contribution >= 4 is 21.4 Å². The summed E-state index contributed by atoms with van der Waals surface area (Å²) in [4.78, 5) is 0. The quantitative estimate of drug-likeness (QED) is 0.895. The van der Waals surface area contributed by atoms with E-state index in [1.54, 1.807) is 0 Å². The predicted octanol–water partition coefficient (Wildman–Crippen LogP) is 2.29. The highest BCUT2D eigenvalue weighted by Gasteiger charge is 2.30. The van der Waals surface area contributed by atoms with Gasteiger partial charge in [0.15, 0.2) is 0 Å². The van der Waals surface area contributed by atoms with Crippen molar-refractivity contribution in [3.05, 3.63) is 24.3 Å². The molecule has 0 fully saturated rings. The molecule has 0 aromatic heterocycles. The van der Waals surface area contributed by atoms with E-state index in [2.05, 4.69) is 5.32 Å². The highest BCUT2D eigenvalue weighted by molar-refractivity contribution is 7.92. The van der Waals surface area contributed by atoms with Gasteiger partial charge in [-0.15, -0.1) is 0 Å². The number of hydrogen-bond acceptors (Lipinski definition) is 3. The van der Waals surface area contributed by atoms with Gasteiger partial charge in [0.2, 0.25) is 10.0 Å². The molecule has 0 amide bonds. The number of benzene rings is 1. The lowest BCUT2D eigenvalue weighted by Crippen LogP contribution is -2.42. The molecule has 0 spiro atoms. The maximum atomic E-state index is 12.5. The van der Waals surface area contributed by atoms with E-state index in [0.29, 0.717) is 13.1 Å². The van der Waals surface area contributed by atoms with Gasteiger partial charge >= 0.3 is 0 Å². The third-order valence-corrected chi connectivity index (χ3v) is 5.04. The molecular weight excluding hydrogens is 248 g/mol. The van der Waals surface area contributed by atoms with Gasteiger partial charge < -0.3 is 5.32 Å². The maximum absolute atomic E-state index is 12.5. The lowest BCUT2D eigenvalue weighted by atomic mass is 10.0. The fraction of sp³-hybridized carbons (Fsp3) is 0.538. The molecule has 100 valence electrons. The highest BCUT2D eigenvalue weighted by atomic mass is 32.2. The van der Waals surface area contributed by atoms with E-state index in [1.165, 1.54) is 4.31 Å². The van der Waals surface area contributed by atoms with Gasteiger partial charge in [-0.05, 0) is 17.5 Å². The number of para-hydroxylation sites is 2. The van der Waals surface area contributed by atoms with Gasteiger partial charge in [0, 0.05) is 6.54 Å². The topological polar surface area (TPSA) is 49.4 Å². The summed E-state index contributed by atoms with van der Waals surface area (Å²) in [5.41, 5.74) is 1.41. The third-order valence-electron chi connectivity index (χ3n) is 2.75. The first-order chi connectivity index (χ1) is 8.30. The molecule has 0 radical (unpaired) electrons. The first-order valence-electron chi connectivity index (χ1n) is 6.13. The molecule has 1 aliphatic heterocycles. The minimum Gasteiger partial charge on any atom is -0.382 e. The van der Waals surface area contributed by atoms with Gasteiger partial charge in [-0.2, -0.15) is 0 Å². The first-order valence-corrected chi connectivity index (χ1v) is 7.74. The van der Waals surface area contributed by atoms with Crippen molar-refractivity contribution in [2.75, 3.05) is 28.5 Å². The molecule has 4 nitrogen and oxygen atoms in total. The number of nitrogens with zero attached hydrogens (tertiary/aromatic N) is 1. The summed E-state index contributed by atoms with van der Waals surface area (Å²) < 4.78 is 26.5. The number of nitrogens with one attached hydrogen (secondary N) is 1. The van der Waals surface area contributed by atoms with Crippen LogP contribution in [0.25, 0.3) is 0 Å². The van der Waals surface area contributed by atoms with Crippen molar-refractivity contribution in [2.45, 2.75) is 20.8 Å². The van der Waals surface area contributed by atoms with E-state index in [0.717, 1.165) is 11.4 Å². The zero-order valence-electron chi connectivity index (χ0n) is 11.1. The second-order valence-electron chi connectivity index (χ2n) is 5.83. The van der Waals surface area contributed by atoms with Crippen LogP contribution in [0, 0.1) is 5.41 Å². The van der Waals surface area contributed by atoms with Crippen LogP contribution in [0.15, 0.2) is 24.3 Å². The van der Waals surface area contributed by atoms with E-state index >= 15 is 0 Å². The zero-order chi connectivity index (χ0) is 13.4. The highest BCUT2D eigenvalue weighted by Crippen LogP contribution is 2.32. The molecule has 1 N–H and O–H groups in total. The average Bonchev–Trinajstić information content (AvgIpc) is 2.25. The number of sulfonamides is 1. The Bertz CT molecular complexity index is 532. The number of hydrogen-bond donors (Lipinski definition) is 1. The molecule has 0 atom stereocenters. The van der Waals surface area contributed by atoms with Crippen LogP contribution in [-0.2, 0) is 10.0 Å². The minimum absolute atomic E-state index is 0.161. The molecule has 18 heavy (non-hydrogen) atoms. The number of anilines is 2. The molecule has 0 saturated carbocycles. The van der Waals surface area contributed by atoms with E-state index < -0.39 is 10.0 Å². The van der Waals surface area contributed by atoms with E-state index in [4.69, 9.17) is 0 Å². The van der Waals surface area contributed by atoms with Crippen molar-refractivity contribution in [3.63, 3.8) is 0 Å². The predicted molar refractivity (Wildman–Crippen MR) is 75.5 cm³/mol. The molecule has 2 rings (SSSR count). The van der Waals surface area contributed by atoms with Crippen molar-refractivity contribution in [2.24, 2.45) is 5.41 Å². The SMILES string of the molecule is CC(C)(C)CS(=O)(=O)N1CCNc2ccccc21. The minimum atomic E-state index is -3.26. The molecule has 1 aromatic rings. The Morgan fingerprint density at radius 3 is 2.61 bits per heavy atom. The average molecular weight is 268 g/mol. The lowest BCUT2D eigenvalue weighted by molar-refractivity contribution is 0.460. The van der Waals surface area contributed by atoms with Crippen LogP contribution in [0.2, 0.25) is 0 Å². The van der Waals surface area contributed by atoms with Gasteiger partial charge in [0.25, 0.3) is 0 Å². The van der Waals surface area contributed by atoms with Crippen LogP contribution < -0.4 is 9.62 Å². The maximum Gasteiger partial charge on any atom is 0.235 e. The van der Waals surface area contributed by atoms with Gasteiger partial charge in [0.05, 0.1) is 23.7 Å². The van der Waals surface area contributed by atoms with E-state index in [1.807, 2.05) is 45.0 Å². The summed E-state index contributed by atoms with van der Waals surface area (Å²) in [6.07, 6.45) is 0. The van der Waals surface area contributed by atoms with Gasteiger partial charge in [-0.25, -0.2) is 8.42 Å². The largest absolute Gasteiger partial charge is 0.382 e. The Balaban J connectivity index is 2.36. The Kier molecular flexibility index (Phi) is 3.27. The molecule has 0 aliphatic carbocycles. The van der Waals surface area contributed by atoms with Gasteiger partial charge in [0.1, 0.15) is 0 Å². The smallest absolute Gasteiger partial charge is 0.235 e. The summed E-state index contributed by atoms with van der Waals surface area (Å²) in [6, 6.07) is 7.53. The third kappa shape index (κ3) is 2.77. The van der Waals surface area contributed by atoms with Gasteiger partial charge in [-0.1, -0.05) is 32.9 Å². The molecule has 0 unspecified atom stereocenters. The Morgan fingerprint density at radius 1 is 1.28 bits per heavy atom. The second-order valence-corrected chi connectivity index (χ2v) is 7.73. The molecule has 0 saturated heterocycles. The van der Waals surface area contributed by atoms with Gasteiger partial charge in [-0.3, -0.25) is 4.31 Å². The summed E-state index contributed by atoms with van der Waals surface area (Å²) >= 11 is 0. The second kappa shape index (κ2) is 4.46. The first kappa shape index (κ1) is 13.2. The molecule has 0 bridgehead atoms. The number of rotatable bonds is 2. The van der Waals surface area contributed by atoms with Crippen LogP contribution in [0.4, 0.5) is 11.4 Å². The van der Waals surface area contributed by atoms with Crippen molar-refractivity contribution in [1.82, 2.24) is 0 Å². The standard InChI is InChI=1S/C13H20N2O2S/c1-13(2,3)10-18(16,17)15-9-8-14-11-6-4-5-7-12(11)15/h4-7,14H,8-10H2,1-3H3. The number of fused-ring (bicyclic) bond motifs is 1. The molecule has 1 aliphatic rings. The Hall–Kier alpha value is -1.23. The fourth-order valence-electron chi connectivity index (χ4n) is 2.17. The van der Waals surface area contributed by atoms with Crippen LogP contribution in [0.5, 0.6) is 0 Å². The van der Waals surface area contributed by atoms with Crippen LogP contribution in [-0.4, -0.2) is 27.3 Å². The Morgan fingerprint density at radius 2 is 1.94 bits per heavy atom. The lowest BCUT2D eigenvalue weighted by Gasteiger charge is -2.33. The van der Waals surface area contributed by atoms with Crippen LogP contribution in [0.3, 0.4) is 0 Å². The molecule has 5 heteroatoms. The van der Waals surface area contributed by atoms with Crippen LogP contribution in [0.1, 0.15) is 20.8 Å². The molecule has 1 heterocycles. The summed E-state index contributed by atoms with van der Waals surface area (Å²) in [5.74, 6) is 0.161. The van der Waals surface area contributed by atoms with Crippen molar-refractivity contribution in [3.8, 4) is 0 Å². The van der Waals surface area contributed by atoms with Crippen molar-refractivity contribution in [1.29, 1.82) is 0 Å². The van der Waals surface area contributed by atoms with Crippen molar-refractivity contribution < 1.29 is 8.42 Å².